The fourth-order valence-electron chi connectivity index (χ4n) is 4.74. The van der Waals surface area contributed by atoms with E-state index in [1.54, 1.807) is 0 Å². The van der Waals surface area contributed by atoms with E-state index in [-0.39, 0.29) is 12.1 Å². The minimum atomic E-state index is 0.0823. The average molecular weight is 393 g/mol. The summed E-state index contributed by atoms with van der Waals surface area (Å²) in [6.07, 6.45) is 7.04. The fourth-order valence-corrected chi connectivity index (χ4v) is 6.08. The molecule has 0 spiro atoms. The highest BCUT2D eigenvalue weighted by atomic mass is 32.2. The molecule has 5 heteroatoms. The summed E-state index contributed by atoms with van der Waals surface area (Å²) >= 11 is 1.91. The first-order valence-electron chi connectivity index (χ1n) is 10.6. The Hall–Kier alpha value is -2.01. The molecule has 1 aromatic heterocycles. The Kier molecular flexibility index (Phi) is 5.02. The van der Waals surface area contributed by atoms with E-state index in [9.17, 15) is 0 Å². The lowest BCUT2D eigenvalue weighted by atomic mass is 9.95. The average Bonchev–Trinajstić information content (AvgIpc) is 3.34. The highest BCUT2D eigenvalue weighted by Gasteiger charge is 2.45. The monoisotopic (exact) mass is 392 g/mol. The van der Waals surface area contributed by atoms with Crippen LogP contribution in [0, 0.1) is 0 Å². The maximum absolute atomic E-state index is 5.12. The minimum absolute atomic E-state index is 0.0823. The Labute approximate surface area is 172 Å². The van der Waals surface area contributed by atoms with Gasteiger partial charge in [-0.15, -0.1) is 0 Å². The van der Waals surface area contributed by atoms with E-state index in [0.29, 0.717) is 6.04 Å². The summed E-state index contributed by atoms with van der Waals surface area (Å²) in [5.74, 6) is 1.15. The molecule has 146 valence electrons. The number of anilines is 1. The van der Waals surface area contributed by atoms with Gasteiger partial charge in [-0.25, -0.2) is 0 Å². The first-order chi connectivity index (χ1) is 13.8. The molecule has 3 aliphatic rings. The first-order valence-corrected chi connectivity index (χ1v) is 11.6. The highest BCUT2D eigenvalue weighted by molar-refractivity contribution is 8.14. The van der Waals surface area contributed by atoms with Gasteiger partial charge in [0.1, 0.15) is 6.04 Å². The van der Waals surface area contributed by atoms with Gasteiger partial charge in [-0.05, 0) is 55.5 Å². The zero-order valence-electron chi connectivity index (χ0n) is 16.5. The molecule has 4 heterocycles. The number of piperidine rings is 1. The van der Waals surface area contributed by atoms with Crippen molar-refractivity contribution in [2.24, 2.45) is 4.99 Å². The van der Waals surface area contributed by atoms with Gasteiger partial charge in [0, 0.05) is 36.8 Å². The van der Waals surface area contributed by atoms with Crippen LogP contribution in [0.25, 0.3) is 0 Å². The molecule has 0 N–H and O–H groups in total. The van der Waals surface area contributed by atoms with E-state index < -0.39 is 0 Å². The molecule has 1 aromatic carbocycles. The Balaban J connectivity index is 1.48. The molecular weight excluding hydrogens is 364 g/mol. The quantitative estimate of drug-likeness (QED) is 0.729. The summed E-state index contributed by atoms with van der Waals surface area (Å²) < 4.78 is 0. The van der Waals surface area contributed by atoms with Gasteiger partial charge in [0.2, 0.25) is 0 Å². The maximum Gasteiger partial charge on any atom is 0.160 e. The summed E-state index contributed by atoms with van der Waals surface area (Å²) in [6, 6.07) is 16.4. The Morgan fingerprint density at radius 3 is 2.57 bits per heavy atom. The number of amidine groups is 1. The molecule has 28 heavy (non-hydrogen) atoms. The predicted molar refractivity (Wildman–Crippen MR) is 118 cm³/mol. The van der Waals surface area contributed by atoms with Crippen molar-refractivity contribution < 1.29 is 0 Å². The van der Waals surface area contributed by atoms with E-state index in [4.69, 9.17) is 4.99 Å². The van der Waals surface area contributed by atoms with E-state index >= 15 is 0 Å². The van der Waals surface area contributed by atoms with Crippen LogP contribution in [0.15, 0.2) is 53.7 Å². The standard InChI is InChI=1S/C23H28N4S/c1-2-18-16-28-23-25-21(20-8-4-5-13-24-20)22(27(18)23)17-9-11-19(12-10-17)26-14-6-3-7-15-26/h4-5,8-13,18,21-22H,2-3,6-7,14-16H2,1H3/t18-,21+,22+/m0/s1. The second-order valence-corrected chi connectivity index (χ2v) is 8.96. The number of hydrogen-bond acceptors (Lipinski definition) is 5. The molecule has 3 atom stereocenters. The zero-order valence-corrected chi connectivity index (χ0v) is 17.3. The maximum atomic E-state index is 5.12. The second-order valence-electron chi connectivity index (χ2n) is 7.98. The van der Waals surface area contributed by atoms with Gasteiger partial charge in [-0.3, -0.25) is 9.98 Å². The number of pyridine rings is 1. The number of rotatable bonds is 4. The summed E-state index contributed by atoms with van der Waals surface area (Å²) in [5, 5.41) is 1.20. The van der Waals surface area contributed by atoms with Gasteiger partial charge >= 0.3 is 0 Å². The topological polar surface area (TPSA) is 31.7 Å². The SMILES string of the molecule is CC[C@H]1CSC2=N[C@H](c3ccccn3)[C@@H](c3ccc(N4CCCCC4)cc3)N21. The molecule has 0 radical (unpaired) electrons. The van der Waals surface area contributed by atoms with Crippen molar-refractivity contribution in [2.75, 3.05) is 23.7 Å². The number of aromatic nitrogens is 1. The molecule has 0 unspecified atom stereocenters. The number of benzene rings is 1. The van der Waals surface area contributed by atoms with Crippen LogP contribution in [0.4, 0.5) is 5.69 Å². The fraction of sp³-hybridized carbons (Fsp3) is 0.478. The van der Waals surface area contributed by atoms with Crippen molar-refractivity contribution in [1.82, 2.24) is 9.88 Å². The summed E-state index contributed by atoms with van der Waals surface area (Å²) in [7, 11) is 0. The summed E-state index contributed by atoms with van der Waals surface area (Å²) in [6.45, 7) is 4.67. The van der Waals surface area contributed by atoms with Crippen LogP contribution in [0.2, 0.25) is 0 Å². The third-order valence-electron chi connectivity index (χ3n) is 6.29. The highest BCUT2D eigenvalue weighted by Crippen LogP contribution is 2.48. The van der Waals surface area contributed by atoms with E-state index in [1.807, 2.05) is 24.0 Å². The van der Waals surface area contributed by atoms with Crippen molar-refractivity contribution in [2.45, 2.75) is 50.7 Å². The smallest absolute Gasteiger partial charge is 0.160 e. The van der Waals surface area contributed by atoms with Crippen LogP contribution in [-0.2, 0) is 0 Å². The molecule has 0 bridgehead atoms. The van der Waals surface area contributed by atoms with Crippen LogP contribution in [0.1, 0.15) is 55.9 Å². The summed E-state index contributed by atoms with van der Waals surface area (Å²) in [5.41, 5.74) is 3.79. The van der Waals surface area contributed by atoms with Gasteiger partial charge in [-0.1, -0.05) is 36.9 Å². The van der Waals surface area contributed by atoms with Gasteiger partial charge in [0.05, 0.1) is 11.7 Å². The first kappa shape index (κ1) is 18.0. The number of aliphatic imine (C=N–C) groups is 1. The van der Waals surface area contributed by atoms with Crippen molar-refractivity contribution in [3.8, 4) is 0 Å². The van der Waals surface area contributed by atoms with Crippen LogP contribution in [0.5, 0.6) is 0 Å². The molecular formula is C23H28N4S. The van der Waals surface area contributed by atoms with Crippen LogP contribution in [0.3, 0.4) is 0 Å². The Bertz CT molecular complexity index is 829. The third-order valence-corrected chi connectivity index (χ3v) is 7.41. The largest absolute Gasteiger partial charge is 0.372 e. The van der Waals surface area contributed by atoms with Gasteiger partial charge in [0.25, 0.3) is 0 Å². The lowest BCUT2D eigenvalue weighted by Gasteiger charge is -2.33. The number of nitrogens with zero attached hydrogens (tertiary/aromatic N) is 4. The van der Waals surface area contributed by atoms with Gasteiger partial charge in [0.15, 0.2) is 5.17 Å². The summed E-state index contributed by atoms with van der Waals surface area (Å²) in [4.78, 5) is 14.9. The van der Waals surface area contributed by atoms with Gasteiger partial charge < -0.3 is 9.80 Å². The van der Waals surface area contributed by atoms with E-state index in [2.05, 4.69) is 58.1 Å². The number of thioether (sulfide) groups is 1. The van der Waals surface area contributed by atoms with Crippen LogP contribution in [-0.4, -0.2) is 39.9 Å². The minimum Gasteiger partial charge on any atom is -0.372 e. The van der Waals surface area contributed by atoms with Crippen LogP contribution >= 0.6 is 11.8 Å². The predicted octanol–water partition coefficient (Wildman–Crippen LogP) is 5.05. The van der Waals surface area contributed by atoms with Crippen LogP contribution < -0.4 is 4.90 Å². The van der Waals surface area contributed by atoms with E-state index in [1.165, 1.54) is 48.8 Å². The molecule has 2 saturated heterocycles. The molecule has 0 saturated carbocycles. The van der Waals surface area contributed by atoms with E-state index in [0.717, 1.165) is 17.9 Å². The molecule has 0 amide bonds. The lowest BCUT2D eigenvalue weighted by Crippen LogP contribution is -2.35. The molecule has 2 aromatic rings. The van der Waals surface area contributed by atoms with Crippen molar-refractivity contribution in [1.29, 1.82) is 0 Å². The normalized spacial score (nSPS) is 27.0. The lowest BCUT2D eigenvalue weighted by molar-refractivity contribution is 0.255. The van der Waals surface area contributed by atoms with Crippen molar-refractivity contribution in [3.05, 3.63) is 59.9 Å². The molecule has 5 rings (SSSR count). The third kappa shape index (κ3) is 3.20. The van der Waals surface area contributed by atoms with Crippen molar-refractivity contribution >= 4 is 22.6 Å². The molecule has 2 fully saturated rings. The second kappa shape index (κ2) is 7.78. The number of hydrogen-bond donors (Lipinski definition) is 0. The molecule has 3 aliphatic heterocycles. The molecule has 0 aliphatic carbocycles. The van der Waals surface area contributed by atoms with Gasteiger partial charge in [-0.2, -0.15) is 0 Å². The van der Waals surface area contributed by atoms with Crippen molar-refractivity contribution in [3.63, 3.8) is 0 Å². The Morgan fingerprint density at radius 2 is 1.86 bits per heavy atom. The Morgan fingerprint density at radius 1 is 1.04 bits per heavy atom. The number of fused-ring (bicyclic) bond motifs is 1. The zero-order chi connectivity index (χ0) is 18.9. The molecule has 4 nitrogen and oxygen atoms in total.